The molecule has 3 aromatic carbocycles. The molecule has 0 bridgehead atoms. The average molecular weight is 534 g/mol. The second-order valence-electron chi connectivity index (χ2n) is 9.45. The molecular weight excluding hydrogens is 500 g/mol. The number of hydrazone groups is 1. The van der Waals surface area contributed by atoms with Gasteiger partial charge in [0.2, 0.25) is 12.5 Å². The lowest BCUT2D eigenvalue weighted by Gasteiger charge is -2.23. The monoisotopic (exact) mass is 533 g/mol. The van der Waals surface area contributed by atoms with Crippen molar-refractivity contribution in [3.63, 3.8) is 0 Å². The van der Waals surface area contributed by atoms with Crippen LogP contribution in [0, 0.1) is 0 Å². The highest BCUT2D eigenvalue weighted by Gasteiger charge is 2.18. The second kappa shape index (κ2) is 14.9. The lowest BCUT2D eigenvalue weighted by atomic mass is 10.0. The number of nitrogens with one attached hydrogen (secondary N) is 1. The van der Waals surface area contributed by atoms with E-state index in [1.54, 1.807) is 41.2 Å². The van der Waals surface area contributed by atoms with Crippen molar-refractivity contribution in [1.82, 2.24) is 10.3 Å². The van der Waals surface area contributed by atoms with Crippen LogP contribution in [0.3, 0.4) is 0 Å². The summed E-state index contributed by atoms with van der Waals surface area (Å²) in [5.41, 5.74) is 5.65. The first-order valence-corrected chi connectivity index (χ1v) is 13.3. The molecular formula is C33H33N4O3+. The molecule has 1 aromatic heterocycles. The van der Waals surface area contributed by atoms with Crippen LogP contribution >= 0.6 is 0 Å². The van der Waals surface area contributed by atoms with E-state index < -0.39 is 0 Å². The maximum Gasteiger partial charge on any atom is 0.305 e. The first-order chi connectivity index (χ1) is 19.6. The largest absolute Gasteiger partial charge is 0.334 e. The number of rotatable bonds is 13. The SMILES string of the molecule is O=C(C[n+]1ccccc1)N/N=C(/CCC(=O)N(Cc1ccccc1)Cc1ccccc1)CC(=O)c1ccccc1. The third-order valence-corrected chi connectivity index (χ3v) is 6.32. The summed E-state index contributed by atoms with van der Waals surface area (Å²) >= 11 is 0. The molecule has 1 heterocycles. The first-order valence-electron chi connectivity index (χ1n) is 13.3. The van der Waals surface area contributed by atoms with Crippen molar-refractivity contribution >= 4 is 23.3 Å². The molecule has 1 N–H and O–H groups in total. The number of carbonyl (C=O) groups excluding carboxylic acids is 3. The number of hydrogen-bond donors (Lipinski definition) is 1. The minimum atomic E-state index is -0.318. The number of ketones is 1. The van der Waals surface area contributed by atoms with Crippen LogP contribution in [0.2, 0.25) is 0 Å². The predicted octanol–water partition coefficient (Wildman–Crippen LogP) is 4.73. The van der Waals surface area contributed by atoms with Gasteiger partial charge in [-0.25, -0.2) is 5.43 Å². The number of benzene rings is 3. The molecule has 0 radical (unpaired) electrons. The Morgan fingerprint density at radius 2 is 1.20 bits per heavy atom. The van der Waals surface area contributed by atoms with Gasteiger partial charge in [-0.05, 0) is 17.5 Å². The Morgan fingerprint density at radius 1 is 0.675 bits per heavy atom. The zero-order chi connectivity index (χ0) is 28.0. The predicted molar refractivity (Wildman–Crippen MR) is 154 cm³/mol. The van der Waals surface area contributed by atoms with Crippen LogP contribution in [0.4, 0.5) is 0 Å². The molecule has 40 heavy (non-hydrogen) atoms. The highest BCUT2D eigenvalue weighted by Crippen LogP contribution is 2.14. The van der Waals surface area contributed by atoms with E-state index in [4.69, 9.17) is 0 Å². The highest BCUT2D eigenvalue weighted by molar-refractivity contribution is 6.10. The van der Waals surface area contributed by atoms with Crippen LogP contribution < -0.4 is 9.99 Å². The minimum absolute atomic E-state index is 0.00736. The second-order valence-corrected chi connectivity index (χ2v) is 9.45. The molecule has 0 saturated heterocycles. The molecule has 0 unspecified atom stereocenters. The topological polar surface area (TPSA) is 82.7 Å². The number of hydrogen-bond acceptors (Lipinski definition) is 4. The molecule has 0 aliphatic heterocycles. The maximum absolute atomic E-state index is 13.5. The normalized spacial score (nSPS) is 11.1. The Balaban J connectivity index is 1.46. The van der Waals surface area contributed by atoms with Gasteiger partial charge in [0, 0.05) is 42.9 Å². The van der Waals surface area contributed by atoms with Gasteiger partial charge in [0.15, 0.2) is 18.2 Å². The van der Waals surface area contributed by atoms with Gasteiger partial charge in [0.25, 0.3) is 0 Å². The number of pyridine rings is 1. The van der Waals surface area contributed by atoms with E-state index in [0.717, 1.165) is 11.1 Å². The van der Waals surface area contributed by atoms with E-state index in [9.17, 15) is 14.4 Å². The van der Waals surface area contributed by atoms with Crippen LogP contribution in [-0.4, -0.2) is 28.2 Å². The standard InChI is InChI=1S/C33H32N4O3/c38-31(29-17-9-3-10-18-29)23-30(34-35-32(39)26-36-21-11-4-12-22-36)19-20-33(40)37(24-27-13-5-1-6-14-27)25-28-15-7-2-8-16-28/h1-18,21-22H,19-20,23-26H2/p+1/b34-30-. The number of carbonyl (C=O) groups is 3. The maximum atomic E-state index is 13.5. The fourth-order valence-electron chi connectivity index (χ4n) is 4.23. The number of aromatic nitrogens is 1. The van der Waals surface area contributed by atoms with E-state index in [1.165, 1.54) is 0 Å². The van der Waals surface area contributed by atoms with Crippen LogP contribution in [0.5, 0.6) is 0 Å². The van der Waals surface area contributed by atoms with Gasteiger partial charge in [-0.15, -0.1) is 0 Å². The third kappa shape index (κ3) is 9.13. The average Bonchev–Trinajstić information content (AvgIpc) is 3.00. The van der Waals surface area contributed by atoms with E-state index in [1.807, 2.05) is 89.8 Å². The van der Waals surface area contributed by atoms with Crippen molar-refractivity contribution in [2.24, 2.45) is 5.10 Å². The van der Waals surface area contributed by atoms with Crippen molar-refractivity contribution in [3.05, 3.63) is 138 Å². The van der Waals surface area contributed by atoms with E-state index in [2.05, 4.69) is 10.5 Å². The van der Waals surface area contributed by atoms with Gasteiger partial charge in [0.05, 0.1) is 6.42 Å². The summed E-state index contributed by atoms with van der Waals surface area (Å²) in [7, 11) is 0. The van der Waals surface area contributed by atoms with Gasteiger partial charge in [-0.2, -0.15) is 9.67 Å². The molecule has 202 valence electrons. The number of Topliss-reactive ketones (excluding diaryl/α,β-unsaturated/α-hetero) is 1. The van der Waals surface area contributed by atoms with Gasteiger partial charge in [0.1, 0.15) is 0 Å². The van der Waals surface area contributed by atoms with Gasteiger partial charge < -0.3 is 4.90 Å². The summed E-state index contributed by atoms with van der Waals surface area (Å²) in [6.45, 7) is 1.02. The Bertz CT molecular complexity index is 1370. The molecule has 0 aliphatic rings. The smallest absolute Gasteiger partial charge is 0.305 e. The van der Waals surface area contributed by atoms with Gasteiger partial charge in [-0.1, -0.05) is 97.1 Å². The minimum Gasteiger partial charge on any atom is -0.334 e. The van der Waals surface area contributed by atoms with Gasteiger partial charge >= 0.3 is 5.91 Å². The summed E-state index contributed by atoms with van der Waals surface area (Å²) in [5.74, 6) is -0.496. The van der Waals surface area contributed by atoms with Crippen LogP contribution in [-0.2, 0) is 29.2 Å². The number of nitrogens with zero attached hydrogens (tertiary/aromatic N) is 3. The quantitative estimate of drug-likeness (QED) is 0.117. The van der Waals surface area contributed by atoms with E-state index in [-0.39, 0.29) is 43.4 Å². The van der Waals surface area contributed by atoms with Crippen molar-refractivity contribution in [3.8, 4) is 0 Å². The van der Waals surface area contributed by atoms with Crippen molar-refractivity contribution in [2.45, 2.75) is 38.9 Å². The molecule has 2 amide bonds. The van der Waals surface area contributed by atoms with E-state index in [0.29, 0.717) is 24.4 Å². The molecule has 0 atom stereocenters. The molecule has 0 aliphatic carbocycles. The van der Waals surface area contributed by atoms with Crippen molar-refractivity contribution in [1.29, 1.82) is 0 Å². The fraction of sp³-hybridized carbons (Fsp3) is 0.182. The summed E-state index contributed by atoms with van der Waals surface area (Å²) < 4.78 is 1.73. The Hall–Kier alpha value is -4.91. The first kappa shape index (κ1) is 28.1. The summed E-state index contributed by atoms with van der Waals surface area (Å²) in [6.07, 6.45) is 3.99. The van der Waals surface area contributed by atoms with Crippen molar-refractivity contribution in [2.75, 3.05) is 0 Å². The molecule has 4 rings (SSSR count). The summed E-state index contributed by atoms with van der Waals surface area (Å²) in [4.78, 5) is 40.8. The lowest BCUT2D eigenvalue weighted by molar-refractivity contribution is -0.684. The molecule has 0 spiro atoms. The highest BCUT2D eigenvalue weighted by atomic mass is 16.2. The van der Waals surface area contributed by atoms with Crippen LogP contribution in [0.15, 0.2) is 127 Å². The Kier molecular flexibility index (Phi) is 10.5. The zero-order valence-corrected chi connectivity index (χ0v) is 22.4. The molecule has 7 heteroatoms. The molecule has 7 nitrogen and oxygen atoms in total. The lowest BCUT2D eigenvalue weighted by Crippen LogP contribution is -2.41. The summed E-state index contributed by atoms with van der Waals surface area (Å²) in [6, 6.07) is 34.2. The van der Waals surface area contributed by atoms with Crippen LogP contribution in [0.1, 0.15) is 40.7 Å². The van der Waals surface area contributed by atoms with Crippen LogP contribution in [0.25, 0.3) is 0 Å². The third-order valence-electron chi connectivity index (χ3n) is 6.32. The molecule has 0 fully saturated rings. The van der Waals surface area contributed by atoms with E-state index >= 15 is 0 Å². The Morgan fingerprint density at radius 3 is 1.77 bits per heavy atom. The zero-order valence-electron chi connectivity index (χ0n) is 22.4. The number of amides is 2. The molecule has 4 aromatic rings. The van der Waals surface area contributed by atoms with Gasteiger partial charge in [-0.3, -0.25) is 14.4 Å². The summed E-state index contributed by atoms with van der Waals surface area (Å²) in [5, 5.41) is 4.30. The molecule has 0 saturated carbocycles. The fourth-order valence-corrected chi connectivity index (χ4v) is 4.23. The van der Waals surface area contributed by atoms with Crippen molar-refractivity contribution < 1.29 is 19.0 Å². The Labute approximate surface area is 234 Å².